The van der Waals surface area contributed by atoms with Crippen molar-refractivity contribution in [3.8, 4) is 0 Å². The van der Waals surface area contributed by atoms with Crippen LogP contribution in [0.4, 0.5) is 0 Å². The molecule has 0 spiro atoms. The van der Waals surface area contributed by atoms with Gasteiger partial charge >= 0.3 is 0 Å². The van der Waals surface area contributed by atoms with Crippen molar-refractivity contribution >= 4 is 15.9 Å². The minimum atomic E-state index is 0.377. The third kappa shape index (κ3) is 3.54. The van der Waals surface area contributed by atoms with Crippen LogP contribution in [-0.2, 0) is 11.2 Å². The van der Waals surface area contributed by atoms with Crippen LogP contribution in [0.3, 0.4) is 0 Å². The van der Waals surface area contributed by atoms with Gasteiger partial charge in [-0.15, -0.1) is 0 Å². The molecule has 2 nitrogen and oxygen atoms in total. The van der Waals surface area contributed by atoms with E-state index in [1.807, 2.05) is 0 Å². The van der Waals surface area contributed by atoms with Gasteiger partial charge in [0.2, 0.25) is 0 Å². The first kappa shape index (κ1) is 13.1. The van der Waals surface area contributed by atoms with Gasteiger partial charge in [-0.25, -0.2) is 0 Å². The molecule has 1 heterocycles. The molecule has 0 bridgehead atoms. The van der Waals surface area contributed by atoms with Gasteiger partial charge in [0, 0.05) is 17.1 Å². The molecule has 1 aliphatic heterocycles. The molecule has 2 atom stereocenters. The Kier molecular flexibility index (Phi) is 5.01. The van der Waals surface area contributed by atoms with E-state index in [4.69, 9.17) is 4.74 Å². The van der Waals surface area contributed by atoms with Gasteiger partial charge in [0.15, 0.2) is 0 Å². The summed E-state index contributed by atoms with van der Waals surface area (Å²) in [4.78, 5) is 0. The molecule has 94 valence electrons. The lowest BCUT2D eigenvalue weighted by Gasteiger charge is -2.24. The topological polar surface area (TPSA) is 21.3 Å². The van der Waals surface area contributed by atoms with Gasteiger partial charge in [-0.3, -0.25) is 0 Å². The van der Waals surface area contributed by atoms with E-state index in [0.29, 0.717) is 12.1 Å². The van der Waals surface area contributed by atoms with Gasteiger partial charge in [0.1, 0.15) is 0 Å². The molecule has 0 aliphatic carbocycles. The van der Waals surface area contributed by atoms with Crippen LogP contribution in [0.15, 0.2) is 28.7 Å². The Bertz CT molecular complexity index is 350. The van der Waals surface area contributed by atoms with Gasteiger partial charge in [-0.05, 0) is 37.4 Å². The summed E-state index contributed by atoms with van der Waals surface area (Å²) in [5.41, 5.74) is 1.36. The van der Waals surface area contributed by atoms with E-state index in [-0.39, 0.29) is 0 Å². The molecule has 0 radical (unpaired) electrons. The van der Waals surface area contributed by atoms with E-state index in [9.17, 15) is 0 Å². The summed E-state index contributed by atoms with van der Waals surface area (Å²) in [6.45, 7) is 4.07. The summed E-state index contributed by atoms with van der Waals surface area (Å²) >= 11 is 3.62. The molecule has 0 saturated carbocycles. The number of hydrogen-bond acceptors (Lipinski definition) is 2. The molecule has 1 aromatic rings. The average Bonchev–Trinajstić information content (AvgIpc) is 2.85. The summed E-state index contributed by atoms with van der Waals surface area (Å²) in [6.07, 6.45) is 3.78. The van der Waals surface area contributed by atoms with Crippen molar-refractivity contribution in [1.82, 2.24) is 5.32 Å². The molecule has 1 aromatic carbocycles. The Morgan fingerprint density at radius 3 is 2.94 bits per heavy atom. The number of likely N-dealkylation sites (N-methyl/N-ethyl adjacent to an activating group) is 1. The van der Waals surface area contributed by atoms with Gasteiger partial charge in [-0.2, -0.15) is 0 Å². The van der Waals surface area contributed by atoms with E-state index < -0.39 is 0 Å². The van der Waals surface area contributed by atoms with Crippen LogP contribution in [0.1, 0.15) is 25.3 Å². The highest BCUT2D eigenvalue weighted by atomic mass is 79.9. The third-order valence-electron chi connectivity index (χ3n) is 3.28. The maximum absolute atomic E-state index is 5.80. The van der Waals surface area contributed by atoms with Gasteiger partial charge in [0.25, 0.3) is 0 Å². The van der Waals surface area contributed by atoms with Crippen molar-refractivity contribution < 1.29 is 4.74 Å². The molecular weight excluding hydrogens is 278 g/mol. The van der Waals surface area contributed by atoms with Crippen LogP contribution >= 0.6 is 15.9 Å². The predicted octanol–water partition coefficient (Wildman–Crippen LogP) is 3.15. The smallest absolute Gasteiger partial charge is 0.0732 e. The SMILES string of the molecule is CCNC(Cc1ccccc1Br)C1CCCO1. The lowest BCUT2D eigenvalue weighted by atomic mass is 9.99. The molecule has 3 heteroatoms. The molecule has 1 fully saturated rings. The van der Waals surface area contributed by atoms with Crippen LogP contribution in [0.5, 0.6) is 0 Å². The number of ether oxygens (including phenoxy) is 1. The molecule has 0 aromatic heterocycles. The van der Waals surface area contributed by atoms with Crippen LogP contribution in [-0.4, -0.2) is 25.3 Å². The van der Waals surface area contributed by atoms with Gasteiger partial charge in [-0.1, -0.05) is 41.1 Å². The van der Waals surface area contributed by atoms with Crippen molar-refractivity contribution in [3.05, 3.63) is 34.3 Å². The number of nitrogens with one attached hydrogen (secondary N) is 1. The Balaban J connectivity index is 2.04. The zero-order chi connectivity index (χ0) is 12.1. The molecule has 2 unspecified atom stereocenters. The van der Waals surface area contributed by atoms with Crippen molar-refractivity contribution in [3.63, 3.8) is 0 Å². The summed E-state index contributed by atoms with van der Waals surface area (Å²) in [6, 6.07) is 8.87. The summed E-state index contributed by atoms with van der Waals surface area (Å²) < 4.78 is 7.00. The second-order valence-corrected chi connectivity index (χ2v) is 5.37. The van der Waals surface area contributed by atoms with E-state index in [2.05, 4.69) is 52.4 Å². The Hall–Kier alpha value is -0.380. The lowest BCUT2D eigenvalue weighted by Crippen LogP contribution is -2.41. The van der Waals surface area contributed by atoms with E-state index in [0.717, 1.165) is 19.6 Å². The Morgan fingerprint density at radius 1 is 1.47 bits per heavy atom. The van der Waals surface area contributed by atoms with Crippen LogP contribution < -0.4 is 5.32 Å². The normalized spacial score (nSPS) is 21.6. The fourth-order valence-corrected chi connectivity index (χ4v) is 2.86. The molecule has 17 heavy (non-hydrogen) atoms. The molecule has 0 amide bonds. The maximum atomic E-state index is 5.80. The van der Waals surface area contributed by atoms with Crippen LogP contribution in [0.25, 0.3) is 0 Å². The quantitative estimate of drug-likeness (QED) is 0.901. The number of halogens is 1. The molecular formula is C14H20BrNO. The highest BCUT2D eigenvalue weighted by Gasteiger charge is 2.25. The first-order valence-electron chi connectivity index (χ1n) is 6.39. The number of benzene rings is 1. The van der Waals surface area contributed by atoms with E-state index >= 15 is 0 Å². The zero-order valence-electron chi connectivity index (χ0n) is 10.3. The highest BCUT2D eigenvalue weighted by molar-refractivity contribution is 9.10. The standard InChI is InChI=1S/C14H20BrNO/c1-2-16-13(14-8-5-9-17-14)10-11-6-3-4-7-12(11)15/h3-4,6-7,13-14,16H,2,5,8-10H2,1H3. The molecule has 1 saturated heterocycles. The summed E-state index contributed by atoms with van der Waals surface area (Å²) in [5, 5.41) is 3.55. The molecule has 1 N–H and O–H groups in total. The van der Waals surface area contributed by atoms with E-state index in [1.165, 1.54) is 22.9 Å². The maximum Gasteiger partial charge on any atom is 0.0732 e. The second-order valence-electron chi connectivity index (χ2n) is 4.51. The minimum absolute atomic E-state index is 0.377. The number of rotatable bonds is 5. The zero-order valence-corrected chi connectivity index (χ0v) is 11.9. The largest absolute Gasteiger partial charge is 0.377 e. The van der Waals surface area contributed by atoms with Gasteiger partial charge in [0.05, 0.1) is 6.10 Å². The van der Waals surface area contributed by atoms with Crippen LogP contribution in [0.2, 0.25) is 0 Å². The fraction of sp³-hybridized carbons (Fsp3) is 0.571. The van der Waals surface area contributed by atoms with Gasteiger partial charge < -0.3 is 10.1 Å². The average molecular weight is 298 g/mol. The van der Waals surface area contributed by atoms with E-state index in [1.54, 1.807) is 0 Å². The highest BCUT2D eigenvalue weighted by Crippen LogP contribution is 2.22. The van der Waals surface area contributed by atoms with Crippen molar-refractivity contribution in [1.29, 1.82) is 0 Å². The number of hydrogen-bond donors (Lipinski definition) is 1. The van der Waals surface area contributed by atoms with Crippen LogP contribution in [0, 0.1) is 0 Å². The first-order valence-corrected chi connectivity index (χ1v) is 7.19. The molecule has 2 rings (SSSR count). The summed E-state index contributed by atoms with van der Waals surface area (Å²) in [7, 11) is 0. The first-order chi connectivity index (χ1) is 8.31. The lowest BCUT2D eigenvalue weighted by molar-refractivity contribution is 0.0788. The summed E-state index contributed by atoms with van der Waals surface area (Å²) in [5.74, 6) is 0. The Morgan fingerprint density at radius 2 is 2.29 bits per heavy atom. The predicted molar refractivity (Wildman–Crippen MR) is 74.3 cm³/mol. The molecule has 1 aliphatic rings. The third-order valence-corrected chi connectivity index (χ3v) is 4.05. The van der Waals surface area contributed by atoms with Crippen molar-refractivity contribution in [2.24, 2.45) is 0 Å². The Labute approximate surface area is 112 Å². The minimum Gasteiger partial charge on any atom is -0.377 e. The second kappa shape index (κ2) is 6.53. The fourth-order valence-electron chi connectivity index (χ4n) is 2.42. The van der Waals surface area contributed by atoms with Crippen molar-refractivity contribution in [2.75, 3.05) is 13.2 Å². The monoisotopic (exact) mass is 297 g/mol. The van der Waals surface area contributed by atoms with Crippen molar-refractivity contribution in [2.45, 2.75) is 38.3 Å².